The van der Waals surface area contributed by atoms with Crippen LogP contribution >= 0.6 is 15.9 Å². The van der Waals surface area contributed by atoms with Crippen LogP contribution in [0.2, 0.25) is 0 Å². The molecule has 8 heteroatoms. The van der Waals surface area contributed by atoms with Crippen LogP contribution in [0.4, 0.5) is 5.82 Å². The van der Waals surface area contributed by atoms with Gasteiger partial charge in [0, 0.05) is 17.7 Å². The summed E-state index contributed by atoms with van der Waals surface area (Å²) < 4.78 is 26.6. The fourth-order valence-electron chi connectivity index (χ4n) is 1.69. The largest absolute Gasteiger partial charge is 0.478 e. The molecule has 0 bridgehead atoms. The number of hydrogen-bond acceptors (Lipinski definition) is 4. The average Bonchev–Trinajstić information content (AvgIpc) is 2.46. The Morgan fingerprint density at radius 2 is 1.86 bits per heavy atom. The van der Waals surface area contributed by atoms with Crippen molar-refractivity contribution in [3.8, 4) is 0 Å². The van der Waals surface area contributed by atoms with Crippen LogP contribution in [0.15, 0.2) is 52.0 Å². The summed E-state index contributed by atoms with van der Waals surface area (Å²) in [7, 11) is -2.61. The number of pyridine rings is 1. The van der Waals surface area contributed by atoms with Gasteiger partial charge in [-0.3, -0.25) is 4.31 Å². The van der Waals surface area contributed by atoms with Crippen molar-refractivity contribution in [2.75, 3.05) is 11.4 Å². The number of carboxylic acids is 1. The van der Waals surface area contributed by atoms with E-state index in [1.54, 1.807) is 12.1 Å². The molecule has 2 rings (SSSR count). The molecule has 2 aromatic rings. The quantitative estimate of drug-likeness (QED) is 0.892. The minimum Gasteiger partial charge on any atom is -0.478 e. The fraction of sp³-hybridized carbons (Fsp3) is 0.0769. The summed E-state index contributed by atoms with van der Waals surface area (Å²) >= 11 is 3.23. The summed E-state index contributed by atoms with van der Waals surface area (Å²) in [6.07, 6.45) is 1.34. The summed E-state index contributed by atoms with van der Waals surface area (Å²) in [5.74, 6) is -1.37. The van der Waals surface area contributed by atoms with Crippen LogP contribution in [0, 0.1) is 0 Å². The standard InChI is InChI=1S/C13H11BrN2O4S/c1-16(12-11(13(17)18)3-2-8-15-12)21(19,20)10-6-4-9(14)5-7-10/h2-8H,1H3,(H,17,18). The molecule has 0 aliphatic carbocycles. The molecule has 1 aromatic heterocycles. The number of anilines is 1. The second-order valence-corrected chi connectivity index (χ2v) is 6.99. The van der Waals surface area contributed by atoms with E-state index >= 15 is 0 Å². The normalized spacial score (nSPS) is 11.1. The molecule has 0 atom stereocenters. The van der Waals surface area contributed by atoms with Gasteiger partial charge in [-0.2, -0.15) is 0 Å². The molecule has 110 valence electrons. The monoisotopic (exact) mass is 370 g/mol. The van der Waals surface area contributed by atoms with Crippen LogP contribution in [-0.2, 0) is 10.0 Å². The molecule has 1 N–H and O–H groups in total. The number of carboxylic acid groups (broad SMARTS) is 1. The fourth-order valence-corrected chi connectivity index (χ4v) is 3.13. The highest BCUT2D eigenvalue weighted by Crippen LogP contribution is 2.24. The SMILES string of the molecule is CN(c1ncccc1C(=O)O)S(=O)(=O)c1ccc(Br)cc1. The Bertz CT molecular complexity index is 775. The summed E-state index contributed by atoms with van der Waals surface area (Å²) in [6, 6.07) is 8.79. The van der Waals surface area contributed by atoms with Crippen molar-refractivity contribution >= 4 is 37.7 Å². The van der Waals surface area contributed by atoms with E-state index in [9.17, 15) is 13.2 Å². The van der Waals surface area contributed by atoms with Crippen molar-refractivity contribution < 1.29 is 18.3 Å². The first-order valence-corrected chi connectivity index (χ1v) is 8.00. The van der Waals surface area contributed by atoms with Gasteiger partial charge < -0.3 is 5.11 Å². The Labute approximate surface area is 130 Å². The van der Waals surface area contributed by atoms with Gasteiger partial charge in [0.25, 0.3) is 10.0 Å². The van der Waals surface area contributed by atoms with Gasteiger partial charge in [0.2, 0.25) is 0 Å². The van der Waals surface area contributed by atoms with Crippen molar-refractivity contribution in [2.24, 2.45) is 0 Å². The van der Waals surface area contributed by atoms with Crippen LogP contribution < -0.4 is 4.31 Å². The average molecular weight is 371 g/mol. The highest BCUT2D eigenvalue weighted by atomic mass is 79.9. The lowest BCUT2D eigenvalue weighted by atomic mass is 10.2. The predicted octanol–water partition coefficient (Wildman–Crippen LogP) is 2.37. The zero-order valence-corrected chi connectivity index (χ0v) is 13.3. The van der Waals surface area contributed by atoms with E-state index in [1.165, 1.54) is 37.5 Å². The van der Waals surface area contributed by atoms with Crippen molar-refractivity contribution in [1.29, 1.82) is 0 Å². The molecule has 0 aliphatic rings. The maximum absolute atomic E-state index is 12.5. The molecule has 21 heavy (non-hydrogen) atoms. The molecule has 1 heterocycles. The molecule has 0 aliphatic heterocycles. The van der Waals surface area contributed by atoms with E-state index in [1.807, 2.05) is 0 Å². The van der Waals surface area contributed by atoms with E-state index < -0.39 is 16.0 Å². The zero-order valence-electron chi connectivity index (χ0n) is 10.9. The van der Waals surface area contributed by atoms with E-state index in [4.69, 9.17) is 5.11 Å². The van der Waals surface area contributed by atoms with Gasteiger partial charge in [-0.25, -0.2) is 18.2 Å². The molecule has 1 aromatic carbocycles. The zero-order chi connectivity index (χ0) is 15.6. The van der Waals surface area contributed by atoms with Crippen LogP contribution in [0.3, 0.4) is 0 Å². The maximum atomic E-state index is 12.5. The molecule has 0 unspecified atom stereocenters. The number of hydrogen-bond donors (Lipinski definition) is 1. The lowest BCUT2D eigenvalue weighted by Crippen LogP contribution is -2.29. The lowest BCUT2D eigenvalue weighted by Gasteiger charge is -2.19. The first-order chi connectivity index (χ1) is 9.84. The first kappa shape index (κ1) is 15.5. The van der Waals surface area contributed by atoms with Crippen molar-refractivity contribution in [3.63, 3.8) is 0 Å². The Balaban J connectivity index is 2.51. The van der Waals surface area contributed by atoms with E-state index in [0.717, 1.165) is 8.78 Å². The molecule has 0 radical (unpaired) electrons. The van der Waals surface area contributed by atoms with Crippen LogP contribution in [0.1, 0.15) is 10.4 Å². The van der Waals surface area contributed by atoms with Gasteiger partial charge in [-0.1, -0.05) is 15.9 Å². The van der Waals surface area contributed by atoms with E-state index in [0.29, 0.717) is 0 Å². The summed E-state index contributed by atoms with van der Waals surface area (Å²) in [4.78, 5) is 15.1. The Kier molecular flexibility index (Phi) is 4.29. The minimum atomic E-state index is -3.88. The summed E-state index contributed by atoms with van der Waals surface area (Å²) in [6.45, 7) is 0. The van der Waals surface area contributed by atoms with Crippen molar-refractivity contribution in [2.45, 2.75) is 4.90 Å². The molecule has 0 spiro atoms. The van der Waals surface area contributed by atoms with Gasteiger partial charge in [0.1, 0.15) is 5.56 Å². The minimum absolute atomic E-state index is 0.0511. The highest BCUT2D eigenvalue weighted by Gasteiger charge is 2.25. The van der Waals surface area contributed by atoms with E-state index in [-0.39, 0.29) is 16.3 Å². The highest BCUT2D eigenvalue weighted by molar-refractivity contribution is 9.10. The maximum Gasteiger partial charge on any atom is 0.339 e. The molecular weight excluding hydrogens is 360 g/mol. The van der Waals surface area contributed by atoms with Crippen LogP contribution in [0.25, 0.3) is 0 Å². The number of halogens is 1. The number of sulfonamides is 1. The summed E-state index contributed by atoms with van der Waals surface area (Å²) in [5.41, 5.74) is -0.180. The smallest absolute Gasteiger partial charge is 0.339 e. The number of rotatable bonds is 4. The number of benzene rings is 1. The molecular formula is C13H11BrN2O4S. The van der Waals surface area contributed by atoms with Crippen molar-refractivity contribution in [3.05, 3.63) is 52.6 Å². The van der Waals surface area contributed by atoms with Gasteiger partial charge in [-0.15, -0.1) is 0 Å². The molecule has 0 amide bonds. The van der Waals surface area contributed by atoms with Gasteiger partial charge in [0.05, 0.1) is 4.90 Å². The number of carbonyl (C=O) groups is 1. The van der Waals surface area contributed by atoms with E-state index in [2.05, 4.69) is 20.9 Å². The Morgan fingerprint density at radius 1 is 1.24 bits per heavy atom. The topological polar surface area (TPSA) is 87.6 Å². The molecule has 0 saturated carbocycles. The Hall–Kier alpha value is -1.93. The molecule has 0 fully saturated rings. The number of nitrogens with zero attached hydrogens (tertiary/aromatic N) is 2. The lowest BCUT2D eigenvalue weighted by molar-refractivity contribution is 0.0697. The van der Waals surface area contributed by atoms with Gasteiger partial charge >= 0.3 is 5.97 Å². The van der Waals surface area contributed by atoms with Gasteiger partial charge in [0.15, 0.2) is 5.82 Å². The second-order valence-electron chi connectivity index (χ2n) is 4.11. The van der Waals surface area contributed by atoms with Crippen LogP contribution in [0.5, 0.6) is 0 Å². The van der Waals surface area contributed by atoms with Crippen LogP contribution in [-0.4, -0.2) is 31.5 Å². The summed E-state index contributed by atoms with van der Waals surface area (Å²) in [5, 5.41) is 9.12. The third-order valence-electron chi connectivity index (χ3n) is 2.79. The third kappa shape index (κ3) is 3.06. The first-order valence-electron chi connectivity index (χ1n) is 5.77. The third-order valence-corrected chi connectivity index (χ3v) is 5.08. The number of aromatic nitrogens is 1. The number of aromatic carboxylic acids is 1. The predicted molar refractivity (Wildman–Crippen MR) is 80.9 cm³/mol. The Morgan fingerprint density at radius 3 is 2.43 bits per heavy atom. The van der Waals surface area contributed by atoms with Gasteiger partial charge in [-0.05, 0) is 36.4 Å². The van der Waals surface area contributed by atoms with Crippen molar-refractivity contribution in [1.82, 2.24) is 4.98 Å². The molecule has 6 nitrogen and oxygen atoms in total. The molecule has 0 saturated heterocycles. The second kappa shape index (κ2) is 5.82.